The Morgan fingerprint density at radius 3 is 2.85 bits per heavy atom. The van der Waals surface area contributed by atoms with Crippen LogP contribution in [0.1, 0.15) is 5.69 Å². The third-order valence-electron chi connectivity index (χ3n) is 1.62. The van der Waals surface area contributed by atoms with Crippen LogP contribution in [-0.4, -0.2) is 9.97 Å². The van der Waals surface area contributed by atoms with E-state index in [1.165, 1.54) is 0 Å². The molecule has 0 spiro atoms. The molecule has 0 radical (unpaired) electrons. The summed E-state index contributed by atoms with van der Waals surface area (Å²) in [7, 11) is 0. The number of nitrogens with zero attached hydrogens (tertiary/aromatic N) is 2. The van der Waals surface area contributed by atoms with E-state index in [2.05, 4.69) is 9.97 Å². The largest absolute Gasteiger partial charge is 0.384 e. The number of nitrogens with two attached hydrogens (primary N) is 1. The maximum absolute atomic E-state index is 5.62. The first-order valence-corrected chi connectivity index (χ1v) is 4.79. The van der Waals surface area contributed by atoms with Crippen LogP contribution in [0, 0.1) is 6.92 Å². The Hall–Kier alpha value is -1.42. The molecule has 3 nitrogen and oxygen atoms in total. The van der Waals surface area contributed by atoms with Crippen molar-refractivity contribution in [2.45, 2.75) is 6.92 Å². The fraction of sp³-hybridized carbons (Fsp3) is 0.111. The Morgan fingerprint density at radius 2 is 2.23 bits per heavy atom. The molecule has 0 aromatic carbocycles. The molecule has 2 rings (SSSR count). The van der Waals surface area contributed by atoms with Crippen molar-refractivity contribution in [3.63, 3.8) is 0 Å². The van der Waals surface area contributed by atoms with E-state index in [1.54, 1.807) is 17.4 Å². The third-order valence-corrected chi connectivity index (χ3v) is 2.48. The van der Waals surface area contributed by atoms with Crippen LogP contribution >= 0.6 is 11.3 Å². The number of rotatable bonds is 1. The van der Waals surface area contributed by atoms with Crippen LogP contribution < -0.4 is 5.73 Å². The molecule has 4 heteroatoms. The fourth-order valence-electron chi connectivity index (χ4n) is 1.11. The number of hydrogen-bond donors (Lipinski definition) is 1. The molecule has 0 saturated heterocycles. The van der Waals surface area contributed by atoms with E-state index in [0.29, 0.717) is 11.6 Å². The highest BCUT2D eigenvalue weighted by molar-refractivity contribution is 7.13. The zero-order chi connectivity index (χ0) is 9.26. The summed E-state index contributed by atoms with van der Waals surface area (Å²) in [4.78, 5) is 9.50. The zero-order valence-electron chi connectivity index (χ0n) is 7.19. The van der Waals surface area contributed by atoms with Gasteiger partial charge in [-0.1, -0.05) is 6.07 Å². The van der Waals surface area contributed by atoms with E-state index < -0.39 is 0 Å². The number of aryl methyl sites for hydroxylation is 1. The Bertz CT molecular complexity index is 389. The van der Waals surface area contributed by atoms with Gasteiger partial charge in [0.2, 0.25) is 0 Å². The molecule has 2 aromatic rings. The van der Waals surface area contributed by atoms with Crippen molar-refractivity contribution >= 4 is 17.2 Å². The average Bonchev–Trinajstić information content (AvgIpc) is 2.53. The lowest BCUT2D eigenvalue weighted by atomic mass is 10.4. The molecular weight excluding hydrogens is 182 g/mol. The van der Waals surface area contributed by atoms with Crippen molar-refractivity contribution in [2.75, 3.05) is 5.73 Å². The van der Waals surface area contributed by atoms with Gasteiger partial charge in [0.15, 0.2) is 5.82 Å². The van der Waals surface area contributed by atoms with Gasteiger partial charge in [-0.3, -0.25) is 0 Å². The first-order valence-electron chi connectivity index (χ1n) is 3.91. The molecule has 0 atom stereocenters. The zero-order valence-corrected chi connectivity index (χ0v) is 8.01. The molecule has 0 unspecified atom stereocenters. The molecule has 0 aliphatic rings. The molecule has 66 valence electrons. The first kappa shape index (κ1) is 8.19. The van der Waals surface area contributed by atoms with E-state index in [1.807, 2.05) is 24.4 Å². The normalized spacial score (nSPS) is 10.2. The second kappa shape index (κ2) is 3.14. The molecule has 2 heterocycles. The minimum atomic E-state index is 0.524. The van der Waals surface area contributed by atoms with Gasteiger partial charge in [-0.25, -0.2) is 9.97 Å². The van der Waals surface area contributed by atoms with Crippen molar-refractivity contribution in [3.8, 4) is 10.7 Å². The number of nitrogen functional groups attached to an aromatic ring is 1. The van der Waals surface area contributed by atoms with Crippen molar-refractivity contribution in [1.82, 2.24) is 9.97 Å². The van der Waals surface area contributed by atoms with Gasteiger partial charge in [0.1, 0.15) is 5.82 Å². The fourth-order valence-corrected chi connectivity index (χ4v) is 1.77. The van der Waals surface area contributed by atoms with Gasteiger partial charge in [-0.05, 0) is 18.4 Å². The molecule has 0 amide bonds. The van der Waals surface area contributed by atoms with Crippen molar-refractivity contribution < 1.29 is 0 Å². The monoisotopic (exact) mass is 191 g/mol. The number of hydrogen-bond acceptors (Lipinski definition) is 4. The molecule has 0 aliphatic carbocycles. The topological polar surface area (TPSA) is 51.8 Å². The lowest BCUT2D eigenvalue weighted by molar-refractivity contribution is 1.13. The van der Waals surface area contributed by atoms with Crippen LogP contribution in [0.2, 0.25) is 0 Å². The summed E-state index contributed by atoms with van der Waals surface area (Å²) in [5, 5.41) is 2.00. The molecule has 0 bridgehead atoms. The van der Waals surface area contributed by atoms with E-state index >= 15 is 0 Å². The molecule has 13 heavy (non-hydrogen) atoms. The van der Waals surface area contributed by atoms with E-state index in [9.17, 15) is 0 Å². The first-order chi connectivity index (χ1) is 6.25. The minimum absolute atomic E-state index is 0.524. The lowest BCUT2D eigenvalue weighted by Crippen LogP contribution is -1.96. The molecule has 0 aliphatic heterocycles. The third kappa shape index (κ3) is 1.67. The Kier molecular flexibility index (Phi) is 1.98. The highest BCUT2D eigenvalue weighted by Gasteiger charge is 2.03. The van der Waals surface area contributed by atoms with Crippen LogP contribution in [0.5, 0.6) is 0 Å². The number of anilines is 1. The van der Waals surface area contributed by atoms with Crippen LogP contribution in [0.4, 0.5) is 5.82 Å². The standard InChI is InChI=1S/C9H9N3S/c1-6-5-8(10)12-9(11-6)7-3-2-4-13-7/h2-5H,1H3,(H2,10,11,12). The minimum Gasteiger partial charge on any atom is -0.384 e. The molecule has 0 saturated carbocycles. The van der Waals surface area contributed by atoms with Crippen LogP contribution in [-0.2, 0) is 0 Å². The summed E-state index contributed by atoms with van der Waals surface area (Å²) in [6.07, 6.45) is 0. The SMILES string of the molecule is Cc1cc(N)nc(-c2cccs2)n1. The Morgan fingerprint density at radius 1 is 1.38 bits per heavy atom. The smallest absolute Gasteiger partial charge is 0.171 e. The summed E-state index contributed by atoms with van der Waals surface area (Å²) in [6.45, 7) is 1.91. The summed E-state index contributed by atoms with van der Waals surface area (Å²) in [5.74, 6) is 1.24. The van der Waals surface area contributed by atoms with Gasteiger partial charge in [0.25, 0.3) is 0 Å². The lowest BCUT2D eigenvalue weighted by Gasteiger charge is -1.99. The van der Waals surface area contributed by atoms with Gasteiger partial charge >= 0.3 is 0 Å². The second-order valence-corrected chi connectivity index (χ2v) is 3.68. The van der Waals surface area contributed by atoms with Gasteiger partial charge in [-0.15, -0.1) is 11.3 Å². The summed E-state index contributed by atoms with van der Waals surface area (Å²) >= 11 is 1.61. The second-order valence-electron chi connectivity index (χ2n) is 2.74. The Balaban J connectivity index is 2.53. The maximum atomic E-state index is 5.62. The summed E-state index contributed by atoms with van der Waals surface area (Å²) in [6, 6.07) is 5.72. The summed E-state index contributed by atoms with van der Waals surface area (Å²) < 4.78 is 0. The quantitative estimate of drug-likeness (QED) is 0.751. The summed E-state index contributed by atoms with van der Waals surface area (Å²) in [5.41, 5.74) is 6.52. The van der Waals surface area contributed by atoms with Crippen LogP contribution in [0.25, 0.3) is 10.7 Å². The van der Waals surface area contributed by atoms with Gasteiger partial charge in [-0.2, -0.15) is 0 Å². The molecule has 2 aromatic heterocycles. The van der Waals surface area contributed by atoms with Gasteiger partial charge < -0.3 is 5.73 Å². The van der Waals surface area contributed by atoms with Crippen molar-refractivity contribution in [1.29, 1.82) is 0 Å². The van der Waals surface area contributed by atoms with Crippen molar-refractivity contribution in [3.05, 3.63) is 29.3 Å². The van der Waals surface area contributed by atoms with Crippen LogP contribution in [0.3, 0.4) is 0 Å². The maximum Gasteiger partial charge on any atom is 0.171 e. The highest BCUT2D eigenvalue weighted by Crippen LogP contribution is 2.21. The molecule has 2 N–H and O–H groups in total. The Labute approximate surface area is 80.3 Å². The predicted molar refractivity (Wildman–Crippen MR) is 54.5 cm³/mol. The van der Waals surface area contributed by atoms with E-state index in [-0.39, 0.29) is 0 Å². The molecule has 0 fully saturated rings. The predicted octanol–water partition coefficient (Wildman–Crippen LogP) is 2.10. The molecular formula is C9H9N3S. The van der Waals surface area contributed by atoms with Gasteiger partial charge in [0, 0.05) is 11.8 Å². The highest BCUT2D eigenvalue weighted by atomic mass is 32.1. The number of aromatic nitrogens is 2. The number of thiophene rings is 1. The average molecular weight is 191 g/mol. The van der Waals surface area contributed by atoms with Crippen LogP contribution in [0.15, 0.2) is 23.6 Å². The van der Waals surface area contributed by atoms with E-state index in [0.717, 1.165) is 10.6 Å². The van der Waals surface area contributed by atoms with E-state index in [4.69, 9.17) is 5.73 Å². The van der Waals surface area contributed by atoms with Gasteiger partial charge in [0.05, 0.1) is 4.88 Å². The van der Waals surface area contributed by atoms with Crippen molar-refractivity contribution in [2.24, 2.45) is 0 Å².